The topological polar surface area (TPSA) is 62.9 Å². The van der Waals surface area contributed by atoms with Crippen LogP contribution in [0.3, 0.4) is 0 Å². The van der Waals surface area contributed by atoms with Gasteiger partial charge in [-0.1, -0.05) is 30.3 Å². The molecule has 0 fully saturated rings. The van der Waals surface area contributed by atoms with Crippen LogP contribution >= 0.6 is 0 Å². The van der Waals surface area contributed by atoms with E-state index in [4.69, 9.17) is 10.5 Å². The van der Waals surface area contributed by atoms with E-state index in [0.717, 1.165) is 23.5 Å². The van der Waals surface area contributed by atoms with Crippen molar-refractivity contribution in [1.82, 2.24) is 4.90 Å². The summed E-state index contributed by atoms with van der Waals surface area (Å²) in [6.45, 7) is 1.48. The number of nitrogens with two attached hydrogens (primary N) is 1. The summed E-state index contributed by atoms with van der Waals surface area (Å²) < 4.78 is 5.18. The average molecular weight is 312 g/mol. The third kappa shape index (κ3) is 5.64. The monoisotopic (exact) mass is 312 g/mol. The quantitative estimate of drug-likeness (QED) is 0.636. The molecule has 3 N–H and O–H groups in total. The largest absolute Gasteiger partial charge is 0.497 e. The van der Waals surface area contributed by atoms with Gasteiger partial charge >= 0.3 is 0 Å². The minimum atomic E-state index is 0.385. The van der Waals surface area contributed by atoms with Gasteiger partial charge in [0.2, 0.25) is 0 Å². The third-order valence-electron chi connectivity index (χ3n) is 3.30. The zero-order chi connectivity index (χ0) is 16.7. The molecule has 0 unspecified atom stereocenters. The number of nitrogens with one attached hydrogen (secondary N) is 1. The van der Waals surface area contributed by atoms with E-state index in [0.29, 0.717) is 12.5 Å². The van der Waals surface area contributed by atoms with Gasteiger partial charge in [0, 0.05) is 18.3 Å². The maximum absolute atomic E-state index is 5.93. The Morgan fingerprint density at radius 3 is 2.48 bits per heavy atom. The number of ether oxygens (including phenoxy) is 1. The molecule has 0 saturated carbocycles. The van der Waals surface area contributed by atoms with E-state index in [1.807, 2.05) is 24.3 Å². The summed E-state index contributed by atoms with van der Waals surface area (Å²) in [7, 11) is 5.75. The number of aliphatic imine (C=N–C) groups is 1. The van der Waals surface area contributed by atoms with Gasteiger partial charge in [-0.15, -0.1) is 0 Å². The molecular formula is C18H24N4O. The van der Waals surface area contributed by atoms with E-state index in [-0.39, 0.29) is 0 Å². The molecule has 5 heteroatoms. The van der Waals surface area contributed by atoms with Crippen molar-refractivity contribution >= 4 is 11.6 Å². The molecule has 0 heterocycles. The first-order valence-corrected chi connectivity index (χ1v) is 7.50. The van der Waals surface area contributed by atoms with E-state index >= 15 is 0 Å². The highest BCUT2D eigenvalue weighted by Crippen LogP contribution is 2.16. The molecule has 2 aromatic rings. The molecule has 0 aliphatic rings. The summed E-state index contributed by atoms with van der Waals surface area (Å²) >= 11 is 0. The van der Waals surface area contributed by atoms with Gasteiger partial charge in [-0.25, -0.2) is 4.99 Å². The number of nitrogens with zero attached hydrogens (tertiary/aromatic N) is 2. The van der Waals surface area contributed by atoms with Crippen molar-refractivity contribution in [3.8, 4) is 5.75 Å². The molecule has 23 heavy (non-hydrogen) atoms. The lowest BCUT2D eigenvalue weighted by Gasteiger charge is -2.10. The number of benzene rings is 2. The molecular weight excluding hydrogens is 288 g/mol. The van der Waals surface area contributed by atoms with E-state index in [1.54, 1.807) is 7.11 Å². The number of rotatable bonds is 6. The first-order chi connectivity index (χ1) is 11.1. The first-order valence-electron chi connectivity index (χ1n) is 7.50. The van der Waals surface area contributed by atoms with Crippen molar-refractivity contribution in [2.75, 3.05) is 26.5 Å². The maximum atomic E-state index is 5.93. The van der Waals surface area contributed by atoms with Gasteiger partial charge in [-0.2, -0.15) is 0 Å². The molecule has 122 valence electrons. The van der Waals surface area contributed by atoms with Gasteiger partial charge in [-0.05, 0) is 37.4 Å². The third-order valence-corrected chi connectivity index (χ3v) is 3.30. The Hall–Kier alpha value is -2.53. The van der Waals surface area contributed by atoms with Crippen molar-refractivity contribution in [3.05, 3.63) is 59.7 Å². The van der Waals surface area contributed by atoms with E-state index < -0.39 is 0 Å². The average Bonchev–Trinajstić information content (AvgIpc) is 2.54. The maximum Gasteiger partial charge on any atom is 0.193 e. The number of methoxy groups -OCH3 is 1. The van der Waals surface area contributed by atoms with Crippen LogP contribution in [-0.4, -0.2) is 32.1 Å². The van der Waals surface area contributed by atoms with E-state index in [1.165, 1.54) is 5.56 Å². The molecule has 0 spiro atoms. The van der Waals surface area contributed by atoms with Crippen molar-refractivity contribution in [2.24, 2.45) is 10.7 Å². The summed E-state index contributed by atoms with van der Waals surface area (Å²) in [6.07, 6.45) is 0. The first kappa shape index (κ1) is 16.8. The second-order valence-electron chi connectivity index (χ2n) is 5.61. The molecule has 0 saturated heterocycles. The Balaban J connectivity index is 1.93. The zero-order valence-corrected chi connectivity index (χ0v) is 13.9. The smallest absolute Gasteiger partial charge is 0.193 e. The van der Waals surface area contributed by atoms with Gasteiger partial charge in [0.25, 0.3) is 0 Å². The van der Waals surface area contributed by atoms with Gasteiger partial charge in [0.1, 0.15) is 5.75 Å². The lowest BCUT2D eigenvalue weighted by Crippen LogP contribution is -2.22. The number of guanidine groups is 1. The fourth-order valence-corrected chi connectivity index (χ4v) is 2.18. The normalized spacial score (nSPS) is 11.6. The molecule has 0 atom stereocenters. The van der Waals surface area contributed by atoms with Crippen LogP contribution in [0.5, 0.6) is 5.75 Å². The van der Waals surface area contributed by atoms with Crippen molar-refractivity contribution < 1.29 is 4.74 Å². The highest BCUT2D eigenvalue weighted by atomic mass is 16.5. The second-order valence-corrected chi connectivity index (χ2v) is 5.61. The summed E-state index contributed by atoms with van der Waals surface area (Å²) in [6, 6.07) is 16.0. The zero-order valence-electron chi connectivity index (χ0n) is 13.9. The standard InChI is InChI=1S/C18H24N4O/c1-22(2)13-15-9-7-14(8-10-15)12-20-18(19)21-16-5-4-6-17(11-16)23-3/h4-11H,12-13H2,1-3H3,(H3,19,20,21). The molecule has 2 aromatic carbocycles. The number of hydrogen-bond donors (Lipinski definition) is 2. The van der Waals surface area contributed by atoms with E-state index in [9.17, 15) is 0 Å². The summed E-state index contributed by atoms with van der Waals surface area (Å²) in [5, 5.41) is 3.07. The Morgan fingerprint density at radius 2 is 1.83 bits per heavy atom. The Morgan fingerprint density at radius 1 is 1.13 bits per heavy atom. The Bertz CT molecular complexity index is 650. The van der Waals surface area contributed by atoms with Gasteiger partial charge in [0.05, 0.1) is 13.7 Å². The SMILES string of the molecule is COc1cccc(NC(N)=NCc2ccc(CN(C)C)cc2)c1. The second kappa shape index (κ2) is 8.19. The number of anilines is 1. The lowest BCUT2D eigenvalue weighted by molar-refractivity contribution is 0.402. The number of hydrogen-bond acceptors (Lipinski definition) is 3. The van der Waals surface area contributed by atoms with Crippen molar-refractivity contribution in [1.29, 1.82) is 0 Å². The molecule has 5 nitrogen and oxygen atoms in total. The molecule has 0 bridgehead atoms. The summed E-state index contributed by atoms with van der Waals surface area (Å²) in [5.74, 6) is 1.16. The van der Waals surface area contributed by atoms with Crippen LogP contribution < -0.4 is 15.8 Å². The Labute approximate surface area is 137 Å². The Kier molecular flexibility index (Phi) is 6.00. The highest BCUT2D eigenvalue weighted by molar-refractivity contribution is 5.92. The highest BCUT2D eigenvalue weighted by Gasteiger charge is 1.99. The fourth-order valence-electron chi connectivity index (χ4n) is 2.18. The molecule has 0 amide bonds. The van der Waals surface area contributed by atoms with Gasteiger partial charge < -0.3 is 20.7 Å². The van der Waals surface area contributed by atoms with Gasteiger partial charge in [-0.3, -0.25) is 0 Å². The van der Waals surface area contributed by atoms with E-state index in [2.05, 4.69) is 53.6 Å². The molecule has 2 rings (SSSR count). The molecule has 0 aromatic heterocycles. The molecule has 0 aliphatic carbocycles. The van der Waals surface area contributed by atoms with Crippen molar-refractivity contribution in [3.63, 3.8) is 0 Å². The van der Waals surface area contributed by atoms with Crippen molar-refractivity contribution in [2.45, 2.75) is 13.1 Å². The summed E-state index contributed by atoms with van der Waals surface area (Å²) in [5.41, 5.74) is 9.20. The van der Waals surface area contributed by atoms with Crippen LogP contribution in [0.15, 0.2) is 53.5 Å². The molecule has 0 radical (unpaired) electrons. The van der Waals surface area contributed by atoms with Crippen LogP contribution in [0.25, 0.3) is 0 Å². The van der Waals surface area contributed by atoms with Crippen LogP contribution in [0.2, 0.25) is 0 Å². The van der Waals surface area contributed by atoms with Crippen LogP contribution in [0.1, 0.15) is 11.1 Å². The van der Waals surface area contributed by atoms with Crippen LogP contribution in [0.4, 0.5) is 5.69 Å². The summed E-state index contributed by atoms with van der Waals surface area (Å²) in [4.78, 5) is 6.51. The van der Waals surface area contributed by atoms with Gasteiger partial charge in [0.15, 0.2) is 5.96 Å². The molecule has 0 aliphatic heterocycles. The minimum absolute atomic E-state index is 0.385. The lowest BCUT2D eigenvalue weighted by atomic mass is 10.1. The predicted molar refractivity (Wildman–Crippen MR) is 95.8 cm³/mol. The van der Waals surface area contributed by atoms with Crippen LogP contribution in [-0.2, 0) is 13.1 Å². The fraction of sp³-hybridized carbons (Fsp3) is 0.278. The van der Waals surface area contributed by atoms with Crippen LogP contribution in [0, 0.1) is 0 Å². The minimum Gasteiger partial charge on any atom is -0.497 e. The predicted octanol–water partition coefficient (Wildman–Crippen LogP) is 2.68.